The van der Waals surface area contributed by atoms with E-state index in [-0.39, 0.29) is 23.0 Å². The van der Waals surface area contributed by atoms with Crippen LogP contribution in [0.25, 0.3) is 5.57 Å². The Bertz CT molecular complexity index is 801. The molecule has 1 fully saturated rings. The predicted molar refractivity (Wildman–Crippen MR) is 88.1 cm³/mol. The Morgan fingerprint density at radius 3 is 2.58 bits per heavy atom. The number of nitrogens with zero attached hydrogens (tertiary/aromatic N) is 2. The Labute approximate surface area is 142 Å². The first kappa shape index (κ1) is 16.3. The molecule has 0 radical (unpaired) electrons. The molecular formula is C16H14N2O5S. The van der Waals surface area contributed by atoms with Gasteiger partial charge in [-0.05, 0) is 24.8 Å². The summed E-state index contributed by atoms with van der Waals surface area (Å²) in [5, 5.41) is -0.588. The Morgan fingerprint density at radius 1 is 1.17 bits per heavy atom. The van der Waals surface area contributed by atoms with Gasteiger partial charge in [0.25, 0.3) is 17.1 Å². The summed E-state index contributed by atoms with van der Waals surface area (Å²) in [6.07, 6.45) is 0. The van der Waals surface area contributed by atoms with Crippen LogP contribution in [0.15, 0.2) is 29.2 Å². The number of para-hydroxylation sites is 1. The molecule has 1 aromatic rings. The summed E-state index contributed by atoms with van der Waals surface area (Å²) in [4.78, 5) is 51.0. The van der Waals surface area contributed by atoms with Crippen LogP contribution in [0.3, 0.4) is 0 Å². The number of amides is 3. The highest BCUT2D eigenvalue weighted by molar-refractivity contribution is 8.18. The van der Waals surface area contributed by atoms with Gasteiger partial charge in [-0.3, -0.25) is 24.1 Å². The minimum Gasteiger partial charge on any atom is -0.465 e. The van der Waals surface area contributed by atoms with Crippen LogP contribution < -0.4 is 4.90 Å². The second kappa shape index (κ2) is 6.12. The maximum absolute atomic E-state index is 12.6. The van der Waals surface area contributed by atoms with Crippen LogP contribution in [-0.4, -0.2) is 48.1 Å². The molecule has 0 aromatic heterocycles. The molecule has 0 saturated carbocycles. The molecule has 0 aliphatic carbocycles. The number of esters is 1. The van der Waals surface area contributed by atoms with E-state index in [1.54, 1.807) is 38.2 Å². The number of anilines is 1. The number of ether oxygens (including phenoxy) is 1. The van der Waals surface area contributed by atoms with Crippen molar-refractivity contribution in [2.24, 2.45) is 0 Å². The average Bonchev–Trinajstić information content (AvgIpc) is 2.97. The smallest absolute Gasteiger partial charge is 0.326 e. The first-order valence-electron chi connectivity index (χ1n) is 7.26. The number of fused-ring (bicyclic) bond motifs is 1. The lowest BCUT2D eigenvalue weighted by atomic mass is 10.1. The van der Waals surface area contributed by atoms with E-state index in [4.69, 9.17) is 4.74 Å². The summed E-state index contributed by atoms with van der Waals surface area (Å²) in [5.74, 6) is -1.66. The average molecular weight is 346 g/mol. The number of thioether (sulfide) groups is 1. The van der Waals surface area contributed by atoms with E-state index in [1.807, 2.05) is 0 Å². The SMILES string of the molecule is CCOC(=O)CN1C(=O)S/C(=C2/C(=O)N(C)c3ccccc32)C1=O. The number of carbonyl (C=O) groups excluding carboxylic acids is 4. The topological polar surface area (TPSA) is 84.0 Å². The fourth-order valence-corrected chi connectivity index (χ4v) is 3.54. The van der Waals surface area contributed by atoms with Gasteiger partial charge >= 0.3 is 5.97 Å². The summed E-state index contributed by atoms with van der Waals surface area (Å²) >= 11 is 0.670. The second-order valence-electron chi connectivity index (χ2n) is 5.15. The molecule has 1 saturated heterocycles. The Hall–Kier alpha value is -2.61. The third-order valence-electron chi connectivity index (χ3n) is 3.72. The van der Waals surface area contributed by atoms with E-state index in [9.17, 15) is 19.2 Å². The molecule has 124 valence electrons. The fourth-order valence-electron chi connectivity index (χ4n) is 2.61. The van der Waals surface area contributed by atoms with Crippen LogP contribution in [0, 0.1) is 0 Å². The largest absolute Gasteiger partial charge is 0.465 e. The molecule has 0 unspecified atom stereocenters. The molecule has 2 aliphatic rings. The fraction of sp³-hybridized carbons (Fsp3) is 0.250. The summed E-state index contributed by atoms with van der Waals surface area (Å²) in [6, 6.07) is 7.04. The quantitative estimate of drug-likeness (QED) is 0.611. The number of imide groups is 1. The van der Waals surface area contributed by atoms with Gasteiger partial charge in [0.05, 0.1) is 22.8 Å². The molecular weight excluding hydrogens is 332 g/mol. The van der Waals surface area contributed by atoms with E-state index in [0.717, 1.165) is 4.90 Å². The molecule has 0 N–H and O–H groups in total. The maximum atomic E-state index is 12.6. The van der Waals surface area contributed by atoms with Crippen molar-refractivity contribution in [1.82, 2.24) is 4.90 Å². The summed E-state index contributed by atoms with van der Waals surface area (Å²) in [6.45, 7) is 1.34. The Kier molecular flexibility index (Phi) is 4.15. The van der Waals surface area contributed by atoms with Crippen molar-refractivity contribution in [2.75, 3.05) is 25.1 Å². The molecule has 3 amide bonds. The summed E-state index contributed by atoms with van der Waals surface area (Å²) in [7, 11) is 1.61. The van der Waals surface area contributed by atoms with Crippen LogP contribution in [0.5, 0.6) is 0 Å². The van der Waals surface area contributed by atoms with Crippen molar-refractivity contribution < 1.29 is 23.9 Å². The molecule has 0 atom stereocenters. The standard InChI is InChI=1S/C16H14N2O5S/c1-3-23-11(19)8-18-15(21)13(24-16(18)22)12-9-6-4-5-7-10(9)17(2)14(12)20/h4-7H,3,8H2,1-2H3/b13-12+. The third-order valence-corrected chi connectivity index (χ3v) is 4.70. The first-order valence-corrected chi connectivity index (χ1v) is 8.08. The minimum absolute atomic E-state index is 0.0473. The lowest BCUT2D eigenvalue weighted by Gasteiger charge is -2.11. The van der Waals surface area contributed by atoms with Crippen LogP contribution in [-0.2, 0) is 19.1 Å². The zero-order valence-corrected chi connectivity index (χ0v) is 13.9. The number of hydrogen-bond donors (Lipinski definition) is 0. The number of hydrogen-bond acceptors (Lipinski definition) is 6. The van der Waals surface area contributed by atoms with Gasteiger partial charge in [0.2, 0.25) is 0 Å². The van der Waals surface area contributed by atoms with Crippen molar-refractivity contribution in [2.45, 2.75) is 6.92 Å². The van der Waals surface area contributed by atoms with Crippen molar-refractivity contribution >= 4 is 46.0 Å². The number of carbonyl (C=O) groups is 4. The molecule has 1 aromatic carbocycles. The zero-order chi connectivity index (χ0) is 17.4. The van der Waals surface area contributed by atoms with Crippen LogP contribution in [0.1, 0.15) is 12.5 Å². The second-order valence-corrected chi connectivity index (χ2v) is 6.11. The van der Waals surface area contributed by atoms with E-state index >= 15 is 0 Å². The molecule has 2 heterocycles. The van der Waals surface area contributed by atoms with Gasteiger partial charge in [0.1, 0.15) is 6.54 Å². The number of likely N-dealkylation sites (N-methyl/N-ethyl adjacent to an activating group) is 1. The monoisotopic (exact) mass is 346 g/mol. The van der Waals surface area contributed by atoms with E-state index in [1.165, 1.54) is 4.90 Å². The van der Waals surface area contributed by atoms with Crippen LogP contribution >= 0.6 is 11.8 Å². The van der Waals surface area contributed by atoms with Crippen LogP contribution in [0.2, 0.25) is 0 Å². The lowest BCUT2D eigenvalue weighted by molar-refractivity contribution is -0.145. The molecule has 24 heavy (non-hydrogen) atoms. The van der Waals surface area contributed by atoms with E-state index in [2.05, 4.69) is 0 Å². The van der Waals surface area contributed by atoms with E-state index < -0.39 is 23.7 Å². The van der Waals surface area contributed by atoms with Gasteiger partial charge in [0, 0.05) is 12.6 Å². The molecule has 0 bridgehead atoms. The highest BCUT2D eigenvalue weighted by atomic mass is 32.2. The van der Waals surface area contributed by atoms with Gasteiger partial charge in [-0.15, -0.1) is 0 Å². The third kappa shape index (κ3) is 2.48. The van der Waals surface area contributed by atoms with Gasteiger partial charge < -0.3 is 9.64 Å². The Balaban J connectivity index is 2.00. The maximum Gasteiger partial charge on any atom is 0.326 e. The normalized spacial score (nSPS) is 20.0. The van der Waals surface area contributed by atoms with Crippen molar-refractivity contribution in [3.8, 4) is 0 Å². The van der Waals surface area contributed by atoms with Gasteiger partial charge in [-0.2, -0.15) is 0 Å². The number of benzene rings is 1. The predicted octanol–water partition coefficient (Wildman–Crippen LogP) is 1.63. The lowest BCUT2D eigenvalue weighted by Crippen LogP contribution is -2.34. The van der Waals surface area contributed by atoms with E-state index in [0.29, 0.717) is 23.0 Å². The van der Waals surface area contributed by atoms with Crippen molar-refractivity contribution in [1.29, 1.82) is 0 Å². The van der Waals surface area contributed by atoms with Crippen LogP contribution in [0.4, 0.5) is 10.5 Å². The zero-order valence-electron chi connectivity index (χ0n) is 13.1. The molecule has 7 nitrogen and oxygen atoms in total. The summed E-state index contributed by atoms with van der Waals surface area (Å²) in [5.41, 5.74) is 1.48. The first-order chi connectivity index (χ1) is 11.5. The molecule has 3 rings (SSSR count). The summed E-state index contributed by atoms with van der Waals surface area (Å²) < 4.78 is 4.77. The number of rotatable bonds is 3. The Morgan fingerprint density at radius 2 is 1.88 bits per heavy atom. The van der Waals surface area contributed by atoms with Gasteiger partial charge in [-0.25, -0.2) is 0 Å². The van der Waals surface area contributed by atoms with Gasteiger partial charge in [0.15, 0.2) is 0 Å². The molecule has 0 spiro atoms. The van der Waals surface area contributed by atoms with Gasteiger partial charge in [-0.1, -0.05) is 18.2 Å². The molecule has 2 aliphatic heterocycles. The molecule has 8 heteroatoms. The minimum atomic E-state index is -0.665. The van der Waals surface area contributed by atoms with Crippen molar-refractivity contribution in [3.63, 3.8) is 0 Å². The highest BCUT2D eigenvalue weighted by Gasteiger charge is 2.43. The van der Waals surface area contributed by atoms with Crippen molar-refractivity contribution in [3.05, 3.63) is 34.7 Å². The highest BCUT2D eigenvalue weighted by Crippen LogP contribution is 2.43.